The molecule has 3 rings (SSSR count). The molecule has 0 saturated heterocycles. The third-order valence-corrected chi connectivity index (χ3v) is 4.31. The summed E-state index contributed by atoms with van der Waals surface area (Å²) in [5, 5.41) is 8.98. The van der Waals surface area contributed by atoms with E-state index in [1.165, 1.54) is 0 Å². The zero-order valence-electron chi connectivity index (χ0n) is 12.0. The highest BCUT2D eigenvalue weighted by Crippen LogP contribution is 2.23. The number of fused-ring (bicyclic) bond motifs is 1. The molecule has 0 spiro atoms. The van der Waals surface area contributed by atoms with Crippen molar-refractivity contribution in [2.24, 2.45) is 0 Å². The first kappa shape index (κ1) is 13.8. The Morgan fingerprint density at radius 1 is 1.24 bits per heavy atom. The van der Waals surface area contributed by atoms with Gasteiger partial charge in [0, 0.05) is 5.56 Å². The molecule has 0 aliphatic rings. The molecule has 4 nitrogen and oxygen atoms in total. The van der Waals surface area contributed by atoms with Crippen molar-refractivity contribution in [3.8, 4) is 0 Å². The molecule has 2 aromatic heterocycles. The summed E-state index contributed by atoms with van der Waals surface area (Å²) in [5.41, 5.74) is 3.14. The number of carbonyl (C=O) groups is 1. The van der Waals surface area contributed by atoms with E-state index in [2.05, 4.69) is 15.2 Å². The highest BCUT2D eigenvalue weighted by Gasteiger charge is 2.15. The summed E-state index contributed by atoms with van der Waals surface area (Å²) in [5.74, 6) is 0.0592. The molecule has 0 atom stereocenters. The van der Waals surface area contributed by atoms with Gasteiger partial charge in [-0.25, -0.2) is 4.98 Å². The molecule has 21 heavy (non-hydrogen) atoms. The van der Waals surface area contributed by atoms with Gasteiger partial charge in [-0.3, -0.25) is 4.79 Å². The van der Waals surface area contributed by atoms with Gasteiger partial charge in [0.2, 0.25) is 0 Å². The minimum Gasteiger partial charge on any atom is -0.294 e. The number of ketones is 1. The van der Waals surface area contributed by atoms with Crippen LogP contribution in [-0.2, 0) is 12.8 Å². The highest BCUT2D eigenvalue weighted by molar-refractivity contribution is 7.18. The summed E-state index contributed by atoms with van der Waals surface area (Å²) < 4.78 is 1.11. The van der Waals surface area contributed by atoms with Crippen molar-refractivity contribution in [1.82, 2.24) is 15.2 Å². The lowest BCUT2D eigenvalue weighted by Gasteiger charge is -2.05. The number of aromatic nitrogens is 3. The van der Waals surface area contributed by atoms with Crippen molar-refractivity contribution in [3.05, 3.63) is 52.3 Å². The van der Waals surface area contributed by atoms with Crippen LogP contribution in [0.1, 0.15) is 33.7 Å². The van der Waals surface area contributed by atoms with E-state index in [1.807, 2.05) is 44.2 Å². The Bertz CT molecular complexity index is 777. The van der Waals surface area contributed by atoms with E-state index in [1.54, 1.807) is 11.3 Å². The van der Waals surface area contributed by atoms with Gasteiger partial charge in [-0.1, -0.05) is 19.1 Å². The van der Waals surface area contributed by atoms with E-state index >= 15 is 0 Å². The van der Waals surface area contributed by atoms with E-state index in [9.17, 15) is 4.79 Å². The van der Waals surface area contributed by atoms with E-state index < -0.39 is 0 Å². The lowest BCUT2D eigenvalue weighted by atomic mass is 10.1. The number of thiazole rings is 1. The molecule has 3 aromatic rings. The lowest BCUT2D eigenvalue weighted by molar-refractivity contribution is 0.0991. The van der Waals surface area contributed by atoms with Gasteiger partial charge < -0.3 is 0 Å². The smallest absolute Gasteiger partial charge is 0.171 e. The Morgan fingerprint density at radius 3 is 2.81 bits per heavy atom. The molecule has 0 amide bonds. The van der Waals surface area contributed by atoms with Gasteiger partial charge in [-0.15, -0.1) is 11.3 Å². The maximum atomic E-state index is 12.5. The molecule has 106 valence electrons. The number of aryl methyl sites for hydroxylation is 2. The maximum Gasteiger partial charge on any atom is 0.171 e. The van der Waals surface area contributed by atoms with Crippen LogP contribution in [0.4, 0.5) is 0 Å². The number of benzene rings is 1. The average molecular weight is 297 g/mol. The van der Waals surface area contributed by atoms with Gasteiger partial charge in [0.05, 0.1) is 28.0 Å². The van der Waals surface area contributed by atoms with Gasteiger partial charge in [0.15, 0.2) is 5.78 Å². The van der Waals surface area contributed by atoms with Gasteiger partial charge in [-0.2, -0.15) is 10.2 Å². The second kappa shape index (κ2) is 5.69. The zero-order chi connectivity index (χ0) is 14.8. The fourth-order valence-electron chi connectivity index (χ4n) is 2.24. The molecule has 0 unspecified atom stereocenters. The summed E-state index contributed by atoms with van der Waals surface area (Å²) in [6.45, 7) is 3.83. The second-order valence-corrected chi connectivity index (χ2v) is 5.99. The first-order chi connectivity index (χ1) is 10.2. The van der Waals surface area contributed by atoms with Crippen molar-refractivity contribution in [2.45, 2.75) is 26.7 Å². The molecular weight excluding hydrogens is 282 g/mol. The van der Waals surface area contributed by atoms with Gasteiger partial charge in [0.1, 0.15) is 5.01 Å². The van der Waals surface area contributed by atoms with Crippen molar-refractivity contribution in [1.29, 1.82) is 0 Å². The van der Waals surface area contributed by atoms with Crippen LogP contribution in [0.3, 0.4) is 0 Å². The molecule has 0 bridgehead atoms. The zero-order valence-corrected chi connectivity index (χ0v) is 12.8. The summed E-state index contributed by atoms with van der Waals surface area (Å²) in [6, 6.07) is 9.75. The van der Waals surface area contributed by atoms with Crippen molar-refractivity contribution in [3.63, 3.8) is 0 Å². The second-order valence-electron chi connectivity index (χ2n) is 4.87. The van der Waals surface area contributed by atoms with Crippen LogP contribution in [0.15, 0.2) is 30.3 Å². The van der Waals surface area contributed by atoms with E-state index in [0.717, 1.165) is 26.6 Å². The molecule has 0 saturated carbocycles. The van der Waals surface area contributed by atoms with Crippen LogP contribution in [0.2, 0.25) is 0 Å². The Balaban J connectivity index is 1.90. The number of para-hydroxylation sites is 1. The largest absolute Gasteiger partial charge is 0.294 e. The molecule has 0 aliphatic carbocycles. The van der Waals surface area contributed by atoms with E-state index in [4.69, 9.17) is 0 Å². The first-order valence-electron chi connectivity index (χ1n) is 6.88. The van der Waals surface area contributed by atoms with Crippen LogP contribution < -0.4 is 0 Å². The molecule has 0 aliphatic heterocycles. The average Bonchev–Trinajstić information content (AvgIpc) is 2.89. The van der Waals surface area contributed by atoms with E-state index in [-0.39, 0.29) is 5.78 Å². The van der Waals surface area contributed by atoms with Gasteiger partial charge >= 0.3 is 0 Å². The van der Waals surface area contributed by atoms with E-state index in [0.29, 0.717) is 18.4 Å². The van der Waals surface area contributed by atoms with Crippen LogP contribution in [-0.4, -0.2) is 21.0 Å². The number of Topliss-reactive ketones (excluding diaryl/α,β-unsaturated/α-hetero) is 1. The Hall–Kier alpha value is -2.14. The minimum absolute atomic E-state index is 0.0592. The predicted octanol–water partition coefficient (Wildman–Crippen LogP) is 3.38. The van der Waals surface area contributed by atoms with Crippen molar-refractivity contribution < 1.29 is 4.79 Å². The van der Waals surface area contributed by atoms with Crippen LogP contribution in [0.5, 0.6) is 0 Å². The molecule has 2 heterocycles. The van der Waals surface area contributed by atoms with Gasteiger partial charge in [0.25, 0.3) is 0 Å². The predicted molar refractivity (Wildman–Crippen MR) is 83.8 cm³/mol. The van der Waals surface area contributed by atoms with Crippen LogP contribution >= 0.6 is 11.3 Å². The normalized spacial score (nSPS) is 11.0. The summed E-state index contributed by atoms with van der Waals surface area (Å²) in [7, 11) is 0. The molecular formula is C16H15N3OS. The summed E-state index contributed by atoms with van der Waals surface area (Å²) >= 11 is 1.57. The maximum absolute atomic E-state index is 12.5. The molecule has 0 radical (unpaired) electrons. The molecule has 5 heteroatoms. The lowest BCUT2D eigenvalue weighted by Crippen LogP contribution is -2.10. The Kier molecular flexibility index (Phi) is 3.75. The standard InChI is InChI=1S/C16H15N3OS/c1-3-12-11(8-10(2)18-19-12)14(20)9-16-17-13-6-4-5-7-15(13)21-16/h4-8H,3,9H2,1-2H3. The monoisotopic (exact) mass is 297 g/mol. The third-order valence-electron chi connectivity index (χ3n) is 3.28. The molecule has 0 fully saturated rings. The third kappa shape index (κ3) is 2.83. The highest BCUT2D eigenvalue weighted by atomic mass is 32.1. The number of carbonyl (C=O) groups excluding carboxylic acids is 1. The first-order valence-corrected chi connectivity index (χ1v) is 7.70. The van der Waals surface area contributed by atoms with Crippen LogP contribution in [0, 0.1) is 6.92 Å². The Morgan fingerprint density at radius 2 is 2.05 bits per heavy atom. The SMILES string of the molecule is CCc1nnc(C)cc1C(=O)Cc1nc2ccccc2s1. The minimum atomic E-state index is 0.0592. The quantitative estimate of drug-likeness (QED) is 0.693. The van der Waals surface area contributed by atoms with Crippen LogP contribution in [0.25, 0.3) is 10.2 Å². The summed E-state index contributed by atoms with van der Waals surface area (Å²) in [6.07, 6.45) is 1.02. The number of nitrogens with zero attached hydrogens (tertiary/aromatic N) is 3. The summed E-state index contributed by atoms with van der Waals surface area (Å²) in [4.78, 5) is 17.0. The number of hydrogen-bond donors (Lipinski definition) is 0. The van der Waals surface area contributed by atoms with Crippen molar-refractivity contribution in [2.75, 3.05) is 0 Å². The fourth-order valence-corrected chi connectivity index (χ4v) is 3.21. The fraction of sp³-hybridized carbons (Fsp3) is 0.250. The number of rotatable bonds is 4. The molecule has 1 aromatic carbocycles. The molecule has 0 N–H and O–H groups in total. The number of hydrogen-bond acceptors (Lipinski definition) is 5. The Labute approximate surface area is 126 Å². The topological polar surface area (TPSA) is 55.7 Å². The van der Waals surface area contributed by atoms with Crippen molar-refractivity contribution >= 4 is 27.3 Å². The van der Waals surface area contributed by atoms with Gasteiger partial charge in [-0.05, 0) is 31.5 Å².